The number of ether oxygens (including phenoxy) is 1. The minimum atomic E-state index is -0.669. The zero-order valence-corrected chi connectivity index (χ0v) is 27.4. The predicted molar refractivity (Wildman–Crippen MR) is 164 cm³/mol. The molecule has 0 aromatic heterocycles. The van der Waals surface area contributed by atoms with Gasteiger partial charge in [-0.1, -0.05) is 40.2 Å². The monoisotopic (exact) mass is 588 g/mol. The van der Waals surface area contributed by atoms with Crippen LogP contribution in [0.15, 0.2) is 11.6 Å². The van der Waals surface area contributed by atoms with Crippen LogP contribution in [-0.4, -0.2) is 94.8 Å². The van der Waals surface area contributed by atoms with Crippen molar-refractivity contribution < 1.29 is 23.9 Å². The Labute approximate surface area is 253 Å². The van der Waals surface area contributed by atoms with E-state index in [0.717, 1.165) is 57.9 Å². The van der Waals surface area contributed by atoms with Crippen LogP contribution in [0, 0.1) is 11.8 Å². The lowest BCUT2D eigenvalue weighted by atomic mass is 9.95. The molecule has 2 saturated heterocycles. The standard InChI is InChI=1S/C33H56N4O5/c1-21(2)28(20-24(7)31(39)37-19-13-17-27(37)33(41)42-25-14-9-10-15-25)35(8)32(40)29(22(3)4)34-30(38)26-16-11-12-18-36(26)23(5)6/h20-23,25-29H,9-19H2,1-8H3,(H,34,38)/t26-,27+,28-,29+/m1/s1. The third-order valence-corrected chi connectivity index (χ3v) is 9.35. The molecule has 0 bridgehead atoms. The average molecular weight is 589 g/mol. The van der Waals surface area contributed by atoms with Gasteiger partial charge in [-0.05, 0) is 90.5 Å². The Morgan fingerprint density at radius 2 is 1.45 bits per heavy atom. The number of likely N-dealkylation sites (N-methyl/N-ethyl adjacent to an activating group) is 1. The lowest BCUT2D eigenvalue weighted by molar-refractivity contribution is -0.157. The van der Waals surface area contributed by atoms with E-state index >= 15 is 0 Å². The summed E-state index contributed by atoms with van der Waals surface area (Å²) in [5.74, 6) is -0.807. The zero-order chi connectivity index (χ0) is 31.1. The Morgan fingerprint density at radius 1 is 0.833 bits per heavy atom. The molecule has 9 heteroatoms. The zero-order valence-electron chi connectivity index (χ0n) is 27.4. The van der Waals surface area contributed by atoms with Crippen molar-refractivity contribution in [3.63, 3.8) is 0 Å². The van der Waals surface area contributed by atoms with Gasteiger partial charge in [-0.15, -0.1) is 0 Å². The molecule has 3 aliphatic rings. The molecule has 2 aliphatic heterocycles. The molecule has 4 atom stereocenters. The molecule has 3 fully saturated rings. The van der Waals surface area contributed by atoms with Crippen LogP contribution in [0.4, 0.5) is 0 Å². The van der Waals surface area contributed by atoms with Crippen LogP contribution >= 0.6 is 0 Å². The number of hydrogen-bond acceptors (Lipinski definition) is 6. The van der Waals surface area contributed by atoms with Crippen molar-refractivity contribution in [2.24, 2.45) is 11.8 Å². The Balaban J connectivity index is 1.72. The van der Waals surface area contributed by atoms with Crippen molar-refractivity contribution in [3.8, 4) is 0 Å². The van der Waals surface area contributed by atoms with E-state index in [9.17, 15) is 19.2 Å². The number of nitrogens with one attached hydrogen (secondary N) is 1. The van der Waals surface area contributed by atoms with Gasteiger partial charge in [-0.2, -0.15) is 0 Å². The van der Waals surface area contributed by atoms with Crippen LogP contribution in [0.5, 0.6) is 0 Å². The van der Waals surface area contributed by atoms with E-state index in [4.69, 9.17) is 4.74 Å². The maximum Gasteiger partial charge on any atom is 0.329 e. The van der Waals surface area contributed by atoms with Crippen molar-refractivity contribution in [3.05, 3.63) is 11.6 Å². The third-order valence-electron chi connectivity index (χ3n) is 9.35. The summed E-state index contributed by atoms with van der Waals surface area (Å²) in [5.41, 5.74) is 0.508. The highest BCUT2D eigenvalue weighted by Gasteiger charge is 2.39. The highest BCUT2D eigenvalue weighted by atomic mass is 16.5. The molecule has 9 nitrogen and oxygen atoms in total. The highest BCUT2D eigenvalue weighted by Crippen LogP contribution is 2.27. The molecular weight excluding hydrogens is 532 g/mol. The van der Waals surface area contributed by atoms with E-state index in [1.54, 1.807) is 23.8 Å². The largest absolute Gasteiger partial charge is 0.461 e. The van der Waals surface area contributed by atoms with Crippen molar-refractivity contribution in [1.29, 1.82) is 0 Å². The Morgan fingerprint density at radius 3 is 2.05 bits per heavy atom. The topological polar surface area (TPSA) is 99.3 Å². The van der Waals surface area contributed by atoms with E-state index in [1.807, 2.05) is 33.8 Å². The summed E-state index contributed by atoms with van der Waals surface area (Å²) < 4.78 is 5.75. The molecule has 2 heterocycles. The molecule has 1 saturated carbocycles. The van der Waals surface area contributed by atoms with Crippen LogP contribution in [0.3, 0.4) is 0 Å². The molecule has 1 N–H and O–H groups in total. The van der Waals surface area contributed by atoms with Crippen LogP contribution in [0.25, 0.3) is 0 Å². The molecule has 238 valence electrons. The molecule has 3 rings (SSSR count). The van der Waals surface area contributed by atoms with Gasteiger partial charge >= 0.3 is 5.97 Å². The Hall–Kier alpha value is -2.42. The number of nitrogens with zero attached hydrogens (tertiary/aromatic N) is 3. The number of amides is 3. The first-order valence-corrected chi connectivity index (χ1v) is 16.4. The van der Waals surface area contributed by atoms with Crippen molar-refractivity contribution in [1.82, 2.24) is 20.0 Å². The first-order valence-electron chi connectivity index (χ1n) is 16.4. The first kappa shape index (κ1) is 34.1. The molecule has 0 spiro atoms. The molecule has 0 aromatic rings. The van der Waals surface area contributed by atoms with Gasteiger partial charge in [0, 0.05) is 25.2 Å². The number of hydrogen-bond donors (Lipinski definition) is 1. The molecule has 0 aromatic carbocycles. The van der Waals surface area contributed by atoms with Gasteiger partial charge in [0.15, 0.2) is 0 Å². The van der Waals surface area contributed by atoms with Crippen LogP contribution in [-0.2, 0) is 23.9 Å². The fraction of sp³-hybridized carbons (Fsp3) is 0.818. The van der Waals surface area contributed by atoms with Gasteiger partial charge in [-0.25, -0.2) is 4.79 Å². The van der Waals surface area contributed by atoms with E-state index in [2.05, 4.69) is 24.1 Å². The molecule has 42 heavy (non-hydrogen) atoms. The summed E-state index contributed by atoms with van der Waals surface area (Å²) in [6.07, 6.45) is 10.0. The maximum atomic E-state index is 13.9. The smallest absolute Gasteiger partial charge is 0.329 e. The van der Waals surface area contributed by atoms with Crippen LogP contribution in [0.2, 0.25) is 0 Å². The number of esters is 1. The van der Waals surface area contributed by atoms with Crippen molar-refractivity contribution in [2.45, 2.75) is 143 Å². The molecule has 3 amide bonds. The number of carbonyl (C=O) groups excluding carboxylic acids is 4. The van der Waals surface area contributed by atoms with Crippen LogP contribution in [0.1, 0.15) is 106 Å². The molecule has 0 radical (unpaired) electrons. The summed E-state index contributed by atoms with van der Waals surface area (Å²) >= 11 is 0. The molecular formula is C33H56N4O5. The van der Waals surface area contributed by atoms with Gasteiger partial charge in [0.25, 0.3) is 0 Å². The van der Waals surface area contributed by atoms with E-state index in [-0.39, 0.29) is 59.8 Å². The predicted octanol–water partition coefficient (Wildman–Crippen LogP) is 4.30. The number of piperidine rings is 1. The second kappa shape index (κ2) is 15.3. The summed E-state index contributed by atoms with van der Waals surface area (Å²) in [5, 5.41) is 3.10. The quantitative estimate of drug-likeness (QED) is 0.286. The summed E-state index contributed by atoms with van der Waals surface area (Å²) in [6, 6.07) is -1.55. The lowest BCUT2D eigenvalue weighted by Gasteiger charge is -2.39. The fourth-order valence-corrected chi connectivity index (χ4v) is 6.79. The second-order valence-electron chi connectivity index (χ2n) is 13.6. The average Bonchev–Trinajstić information content (AvgIpc) is 3.65. The van der Waals surface area contributed by atoms with E-state index in [0.29, 0.717) is 18.5 Å². The Bertz CT molecular complexity index is 987. The van der Waals surface area contributed by atoms with Crippen LogP contribution < -0.4 is 5.32 Å². The second-order valence-corrected chi connectivity index (χ2v) is 13.6. The van der Waals surface area contributed by atoms with Gasteiger partial charge in [0.05, 0.1) is 12.1 Å². The summed E-state index contributed by atoms with van der Waals surface area (Å²) in [4.78, 5) is 59.4. The van der Waals surface area contributed by atoms with Gasteiger partial charge < -0.3 is 19.9 Å². The van der Waals surface area contributed by atoms with Crippen molar-refractivity contribution in [2.75, 3.05) is 20.1 Å². The van der Waals surface area contributed by atoms with Gasteiger partial charge in [-0.3, -0.25) is 19.3 Å². The summed E-state index contributed by atoms with van der Waals surface area (Å²) in [7, 11) is 1.75. The fourth-order valence-electron chi connectivity index (χ4n) is 6.79. The van der Waals surface area contributed by atoms with Gasteiger partial charge in [0.2, 0.25) is 17.7 Å². The first-order chi connectivity index (χ1) is 19.8. The highest BCUT2D eigenvalue weighted by molar-refractivity contribution is 5.96. The number of carbonyl (C=O) groups is 4. The minimum absolute atomic E-state index is 0.0293. The van der Waals surface area contributed by atoms with Crippen molar-refractivity contribution >= 4 is 23.7 Å². The SMILES string of the molecule is CC(=C[C@H](C(C)C)N(C)C(=O)[C@@H](NC(=O)[C@H]1CCCCN1C(C)C)C(C)C)C(=O)N1CCC[C@H]1C(=O)OC1CCCC1. The summed E-state index contributed by atoms with van der Waals surface area (Å²) in [6.45, 7) is 15.3. The molecule has 0 unspecified atom stereocenters. The minimum Gasteiger partial charge on any atom is -0.461 e. The lowest BCUT2D eigenvalue weighted by Crippen LogP contribution is -2.58. The Kier molecular flexibility index (Phi) is 12.5. The third kappa shape index (κ3) is 8.35. The van der Waals surface area contributed by atoms with E-state index in [1.165, 1.54) is 0 Å². The molecule has 1 aliphatic carbocycles. The number of rotatable bonds is 11. The van der Waals surface area contributed by atoms with Gasteiger partial charge in [0.1, 0.15) is 18.2 Å². The number of likely N-dealkylation sites (tertiary alicyclic amines) is 2. The normalized spacial score (nSPS) is 23.9. The maximum absolute atomic E-state index is 13.9. The van der Waals surface area contributed by atoms with E-state index < -0.39 is 12.1 Å².